The maximum Gasteiger partial charge on any atom is 0.129 e. The van der Waals surface area contributed by atoms with Gasteiger partial charge < -0.3 is 5.32 Å². The lowest BCUT2D eigenvalue weighted by atomic mass is 9.92. The van der Waals surface area contributed by atoms with Crippen molar-refractivity contribution in [1.29, 1.82) is 0 Å². The molecule has 0 aromatic carbocycles. The second-order valence-corrected chi connectivity index (χ2v) is 5.61. The van der Waals surface area contributed by atoms with E-state index in [2.05, 4.69) is 57.7 Å². The van der Waals surface area contributed by atoms with Crippen LogP contribution in [0.25, 0.3) is 5.70 Å². The topological polar surface area (TPSA) is 29.9 Å². The van der Waals surface area contributed by atoms with E-state index in [4.69, 9.17) is 0 Å². The van der Waals surface area contributed by atoms with Crippen LogP contribution in [0, 0.1) is 0 Å². The third-order valence-corrected chi connectivity index (χ3v) is 2.28. The van der Waals surface area contributed by atoms with Crippen molar-refractivity contribution < 1.29 is 0 Å². The number of anilines is 1. The molecule has 3 heteroatoms. The molecule has 1 N–H and O–H groups in total. The van der Waals surface area contributed by atoms with Crippen LogP contribution in [-0.2, 0) is 5.41 Å². The van der Waals surface area contributed by atoms with E-state index in [0.717, 1.165) is 17.2 Å². The van der Waals surface area contributed by atoms with Gasteiger partial charge in [0.05, 0.1) is 5.69 Å². The Bertz CT molecular complexity index is 381. The molecule has 0 saturated carbocycles. The Morgan fingerprint density at radius 1 is 1.33 bits per heavy atom. The normalized spacial score (nSPS) is 10.9. The van der Waals surface area contributed by atoms with Gasteiger partial charge >= 0.3 is 0 Å². The van der Waals surface area contributed by atoms with Crippen molar-refractivity contribution in [3.8, 4) is 0 Å². The van der Waals surface area contributed by atoms with Gasteiger partial charge in [0.25, 0.3) is 0 Å². The minimum absolute atomic E-state index is 0.0636. The SMILES string of the molecule is C=C(C)n1nc(C(C)(C)C)cc1NC(C)C.CC. The van der Waals surface area contributed by atoms with Crippen molar-refractivity contribution in [2.75, 3.05) is 5.32 Å². The largest absolute Gasteiger partial charge is 0.368 e. The Morgan fingerprint density at radius 2 is 1.83 bits per heavy atom. The highest BCUT2D eigenvalue weighted by atomic mass is 15.3. The summed E-state index contributed by atoms with van der Waals surface area (Å²) >= 11 is 0. The standard InChI is InChI=1S/C13H23N3.C2H6/c1-9(2)14-12-8-11(13(5,6)7)15-16(12)10(3)4;1-2/h8-9,14H,3H2,1-2,4-7H3;1-2H3. The first-order valence-electron chi connectivity index (χ1n) is 6.75. The van der Waals surface area contributed by atoms with Crippen LogP contribution >= 0.6 is 0 Å². The molecule has 18 heavy (non-hydrogen) atoms. The minimum atomic E-state index is 0.0636. The maximum atomic E-state index is 4.59. The average Bonchev–Trinajstić information content (AvgIpc) is 2.63. The van der Waals surface area contributed by atoms with Crippen molar-refractivity contribution in [3.05, 3.63) is 18.3 Å². The number of rotatable bonds is 3. The highest BCUT2D eigenvalue weighted by Crippen LogP contribution is 2.25. The van der Waals surface area contributed by atoms with E-state index >= 15 is 0 Å². The molecule has 0 aliphatic heterocycles. The molecule has 0 bridgehead atoms. The predicted molar refractivity (Wildman–Crippen MR) is 82.0 cm³/mol. The lowest BCUT2D eigenvalue weighted by Gasteiger charge is -2.13. The van der Waals surface area contributed by atoms with Gasteiger partial charge in [-0.05, 0) is 20.8 Å². The van der Waals surface area contributed by atoms with Crippen LogP contribution in [0.1, 0.15) is 61.1 Å². The van der Waals surface area contributed by atoms with Crippen LogP contribution in [0.15, 0.2) is 12.6 Å². The van der Waals surface area contributed by atoms with E-state index in [1.807, 2.05) is 25.5 Å². The van der Waals surface area contributed by atoms with Gasteiger partial charge in [-0.2, -0.15) is 5.10 Å². The molecule has 0 aliphatic rings. The summed E-state index contributed by atoms with van der Waals surface area (Å²) in [6.45, 7) is 20.6. The molecule has 1 rings (SSSR count). The highest BCUT2D eigenvalue weighted by Gasteiger charge is 2.20. The molecule has 0 radical (unpaired) electrons. The molecule has 0 amide bonds. The van der Waals surface area contributed by atoms with Gasteiger partial charge in [0.15, 0.2) is 0 Å². The molecule has 0 atom stereocenters. The first kappa shape index (κ1) is 16.8. The summed E-state index contributed by atoms with van der Waals surface area (Å²) in [6.07, 6.45) is 0. The van der Waals surface area contributed by atoms with Crippen LogP contribution in [0.2, 0.25) is 0 Å². The Hall–Kier alpha value is -1.25. The summed E-state index contributed by atoms with van der Waals surface area (Å²) in [5.74, 6) is 1.02. The van der Waals surface area contributed by atoms with Crippen molar-refractivity contribution >= 4 is 11.5 Å². The molecule has 0 unspecified atom stereocenters. The third kappa shape index (κ3) is 4.55. The molecule has 0 aliphatic carbocycles. The fourth-order valence-corrected chi connectivity index (χ4v) is 1.44. The van der Waals surface area contributed by atoms with Gasteiger partial charge in [0, 0.05) is 23.2 Å². The van der Waals surface area contributed by atoms with E-state index in [9.17, 15) is 0 Å². The Balaban J connectivity index is 0.00000137. The quantitative estimate of drug-likeness (QED) is 0.856. The van der Waals surface area contributed by atoms with Crippen LogP contribution in [-0.4, -0.2) is 15.8 Å². The maximum absolute atomic E-state index is 4.59. The average molecular weight is 251 g/mol. The van der Waals surface area contributed by atoms with E-state index in [1.165, 1.54) is 0 Å². The zero-order valence-electron chi connectivity index (χ0n) is 13.3. The first-order valence-corrected chi connectivity index (χ1v) is 6.75. The summed E-state index contributed by atoms with van der Waals surface area (Å²) in [5.41, 5.74) is 2.07. The summed E-state index contributed by atoms with van der Waals surface area (Å²) < 4.78 is 1.88. The fourth-order valence-electron chi connectivity index (χ4n) is 1.44. The summed E-state index contributed by atoms with van der Waals surface area (Å²) in [5, 5.41) is 7.98. The molecule has 3 nitrogen and oxygen atoms in total. The van der Waals surface area contributed by atoms with Crippen molar-refractivity contribution in [2.24, 2.45) is 0 Å². The van der Waals surface area contributed by atoms with Gasteiger partial charge in [0.2, 0.25) is 0 Å². The lowest BCUT2D eigenvalue weighted by Crippen LogP contribution is -2.13. The summed E-state index contributed by atoms with van der Waals surface area (Å²) in [4.78, 5) is 0. The second kappa shape index (κ2) is 6.62. The third-order valence-electron chi connectivity index (χ3n) is 2.28. The number of hydrogen-bond donors (Lipinski definition) is 1. The van der Waals surface area contributed by atoms with Crippen molar-refractivity contribution in [3.63, 3.8) is 0 Å². The van der Waals surface area contributed by atoms with E-state index < -0.39 is 0 Å². The van der Waals surface area contributed by atoms with Crippen LogP contribution in [0.3, 0.4) is 0 Å². The zero-order chi connectivity index (χ0) is 14.5. The molecule has 1 aromatic rings. The molecule has 0 saturated heterocycles. The lowest BCUT2D eigenvalue weighted by molar-refractivity contribution is 0.561. The molecular formula is C15H29N3. The Kier molecular flexibility index (Phi) is 6.16. The Labute approximate surface area is 112 Å². The monoisotopic (exact) mass is 251 g/mol. The number of hydrogen-bond acceptors (Lipinski definition) is 2. The fraction of sp³-hybridized carbons (Fsp3) is 0.667. The smallest absolute Gasteiger partial charge is 0.129 e. The molecule has 0 spiro atoms. The van der Waals surface area contributed by atoms with Gasteiger partial charge in [-0.3, -0.25) is 0 Å². The number of allylic oxidation sites excluding steroid dienone is 1. The van der Waals surface area contributed by atoms with Crippen molar-refractivity contribution in [2.45, 2.75) is 66.8 Å². The Morgan fingerprint density at radius 3 is 2.17 bits per heavy atom. The number of nitrogens with zero attached hydrogens (tertiary/aromatic N) is 2. The van der Waals surface area contributed by atoms with E-state index in [1.54, 1.807) is 0 Å². The van der Waals surface area contributed by atoms with Crippen LogP contribution in [0.5, 0.6) is 0 Å². The summed E-state index contributed by atoms with van der Waals surface area (Å²) in [7, 11) is 0. The van der Waals surface area contributed by atoms with E-state index in [-0.39, 0.29) is 5.41 Å². The van der Waals surface area contributed by atoms with E-state index in [0.29, 0.717) is 6.04 Å². The highest BCUT2D eigenvalue weighted by molar-refractivity contribution is 5.51. The van der Waals surface area contributed by atoms with Crippen molar-refractivity contribution in [1.82, 2.24) is 9.78 Å². The number of nitrogens with one attached hydrogen (secondary N) is 1. The molecule has 1 aromatic heterocycles. The molecule has 1 heterocycles. The van der Waals surface area contributed by atoms with Gasteiger partial charge in [-0.15, -0.1) is 0 Å². The second-order valence-electron chi connectivity index (χ2n) is 5.61. The number of aromatic nitrogens is 2. The first-order chi connectivity index (χ1) is 8.21. The van der Waals surface area contributed by atoms with Crippen LogP contribution < -0.4 is 5.32 Å². The molecular weight excluding hydrogens is 222 g/mol. The van der Waals surface area contributed by atoms with Gasteiger partial charge in [-0.1, -0.05) is 41.2 Å². The van der Waals surface area contributed by atoms with Gasteiger partial charge in [0.1, 0.15) is 5.82 Å². The van der Waals surface area contributed by atoms with Gasteiger partial charge in [-0.25, -0.2) is 4.68 Å². The molecule has 0 fully saturated rings. The summed E-state index contributed by atoms with van der Waals surface area (Å²) in [6, 6.07) is 2.50. The zero-order valence-corrected chi connectivity index (χ0v) is 13.3. The predicted octanol–water partition coefficient (Wildman–Crippen LogP) is 4.52. The molecule has 104 valence electrons. The minimum Gasteiger partial charge on any atom is -0.368 e. The van der Waals surface area contributed by atoms with Crippen LogP contribution in [0.4, 0.5) is 5.82 Å².